The maximum Gasteiger partial charge on any atom is 0.220 e. The summed E-state index contributed by atoms with van der Waals surface area (Å²) in [4.78, 5) is 19.0. The number of carbonyl (C=O) groups excluding carboxylic acids is 1. The van der Waals surface area contributed by atoms with Crippen LogP contribution in [0.15, 0.2) is 29.3 Å². The molecule has 2 N–H and O–H groups in total. The number of hydrogen-bond acceptors (Lipinski definition) is 2. The fourth-order valence-electron chi connectivity index (χ4n) is 4.76. The fraction of sp³-hybridized carbons (Fsp3) is 0.652. The molecule has 0 unspecified atom stereocenters. The zero-order valence-electron chi connectivity index (χ0n) is 17.8. The van der Waals surface area contributed by atoms with E-state index in [4.69, 9.17) is 4.99 Å². The van der Waals surface area contributed by atoms with Crippen LogP contribution in [0.2, 0.25) is 0 Å². The second-order valence-corrected chi connectivity index (χ2v) is 8.47. The van der Waals surface area contributed by atoms with Crippen molar-refractivity contribution in [3.63, 3.8) is 0 Å². The molecule has 160 valence electrons. The van der Waals surface area contributed by atoms with Crippen LogP contribution in [-0.4, -0.2) is 50.0 Å². The highest BCUT2D eigenvalue weighted by Gasteiger charge is 2.36. The van der Waals surface area contributed by atoms with Gasteiger partial charge in [0, 0.05) is 38.5 Å². The molecule has 6 heteroatoms. The molecular formula is C23H35FN4O. The number of rotatable bonds is 6. The van der Waals surface area contributed by atoms with Crippen molar-refractivity contribution in [3.05, 3.63) is 35.6 Å². The lowest BCUT2D eigenvalue weighted by Gasteiger charge is -2.35. The largest absolute Gasteiger partial charge is 0.359 e. The van der Waals surface area contributed by atoms with Crippen molar-refractivity contribution in [1.82, 2.24) is 15.5 Å². The zero-order valence-corrected chi connectivity index (χ0v) is 17.8. The first-order valence-corrected chi connectivity index (χ1v) is 11.1. The molecule has 2 fully saturated rings. The minimum Gasteiger partial charge on any atom is -0.359 e. The molecule has 1 aromatic rings. The standard InChI is InChI=1S/C23H35FN4O/c1-3-26-22(28-14-10-18(11-15-28)16-21(29)25-2)27-17-23(12-4-5-13-23)19-6-8-20(24)9-7-19/h6-9,18H,3-5,10-17H2,1-2H3,(H,25,29)(H,26,27). The van der Waals surface area contributed by atoms with Gasteiger partial charge in [-0.1, -0.05) is 25.0 Å². The summed E-state index contributed by atoms with van der Waals surface area (Å²) in [6.45, 7) is 5.52. The van der Waals surface area contributed by atoms with Crippen LogP contribution in [-0.2, 0) is 10.2 Å². The Bertz CT molecular complexity index is 689. The van der Waals surface area contributed by atoms with E-state index < -0.39 is 0 Å². The molecule has 0 bridgehead atoms. The molecule has 1 aromatic carbocycles. The van der Waals surface area contributed by atoms with Gasteiger partial charge in [-0.25, -0.2) is 4.39 Å². The highest BCUT2D eigenvalue weighted by atomic mass is 19.1. The van der Waals surface area contributed by atoms with Crippen LogP contribution in [0.5, 0.6) is 0 Å². The average Bonchev–Trinajstić information content (AvgIpc) is 3.22. The van der Waals surface area contributed by atoms with Crippen molar-refractivity contribution in [3.8, 4) is 0 Å². The molecule has 1 aliphatic carbocycles. The number of nitrogens with one attached hydrogen (secondary N) is 2. The minimum atomic E-state index is -0.182. The third kappa shape index (κ3) is 5.49. The van der Waals surface area contributed by atoms with Crippen LogP contribution in [0.3, 0.4) is 0 Å². The Morgan fingerprint density at radius 2 is 1.86 bits per heavy atom. The monoisotopic (exact) mass is 402 g/mol. The number of guanidine groups is 1. The second-order valence-electron chi connectivity index (χ2n) is 8.47. The predicted octanol–water partition coefficient (Wildman–Crippen LogP) is 3.45. The Labute approximate surface area is 174 Å². The molecule has 0 radical (unpaired) electrons. The molecule has 1 heterocycles. The summed E-state index contributed by atoms with van der Waals surface area (Å²) in [6.07, 6.45) is 7.27. The lowest BCUT2D eigenvalue weighted by Crippen LogP contribution is -2.46. The Hall–Kier alpha value is -2.11. The molecule has 0 spiro atoms. The maximum absolute atomic E-state index is 13.4. The normalized spacial score (nSPS) is 20.0. The molecule has 0 aromatic heterocycles. The molecule has 3 rings (SSSR count). The van der Waals surface area contributed by atoms with Crippen molar-refractivity contribution in [2.45, 2.75) is 57.3 Å². The van der Waals surface area contributed by atoms with Crippen LogP contribution in [0.1, 0.15) is 57.4 Å². The van der Waals surface area contributed by atoms with Crippen molar-refractivity contribution in [2.75, 3.05) is 33.2 Å². The second kappa shape index (κ2) is 10.1. The van der Waals surface area contributed by atoms with Gasteiger partial charge >= 0.3 is 0 Å². The van der Waals surface area contributed by atoms with Gasteiger partial charge in [0.1, 0.15) is 5.82 Å². The van der Waals surface area contributed by atoms with Gasteiger partial charge in [0.2, 0.25) is 5.91 Å². The topological polar surface area (TPSA) is 56.7 Å². The van der Waals surface area contributed by atoms with E-state index in [0.29, 0.717) is 12.3 Å². The quantitative estimate of drug-likeness (QED) is 0.566. The molecule has 5 nitrogen and oxygen atoms in total. The van der Waals surface area contributed by atoms with E-state index >= 15 is 0 Å². The maximum atomic E-state index is 13.4. The van der Waals surface area contributed by atoms with E-state index in [0.717, 1.165) is 57.8 Å². The van der Waals surface area contributed by atoms with Crippen LogP contribution in [0.25, 0.3) is 0 Å². The number of aliphatic imine (C=N–C) groups is 1. The molecule has 1 saturated carbocycles. The molecule has 1 aliphatic heterocycles. The van der Waals surface area contributed by atoms with E-state index in [1.165, 1.54) is 18.4 Å². The first-order chi connectivity index (χ1) is 14.1. The van der Waals surface area contributed by atoms with Gasteiger partial charge in [-0.15, -0.1) is 0 Å². The lowest BCUT2D eigenvalue weighted by atomic mass is 9.79. The number of piperidine rings is 1. The van der Waals surface area contributed by atoms with Crippen molar-refractivity contribution in [1.29, 1.82) is 0 Å². The number of likely N-dealkylation sites (tertiary alicyclic amines) is 1. The molecular weight excluding hydrogens is 367 g/mol. The summed E-state index contributed by atoms with van der Waals surface area (Å²) in [6, 6.07) is 7.02. The van der Waals surface area contributed by atoms with E-state index in [1.54, 1.807) is 19.2 Å². The highest BCUT2D eigenvalue weighted by Crippen LogP contribution is 2.41. The van der Waals surface area contributed by atoms with Crippen molar-refractivity contribution >= 4 is 11.9 Å². The van der Waals surface area contributed by atoms with E-state index in [2.05, 4.69) is 22.5 Å². The van der Waals surface area contributed by atoms with Crippen LogP contribution in [0, 0.1) is 11.7 Å². The van der Waals surface area contributed by atoms with Gasteiger partial charge in [0.25, 0.3) is 0 Å². The molecule has 2 aliphatic rings. The van der Waals surface area contributed by atoms with Gasteiger partial charge in [-0.3, -0.25) is 9.79 Å². The summed E-state index contributed by atoms with van der Waals surface area (Å²) >= 11 is 0. The van der Waals surface area contributed by atoms with E-state index in [-0.39, 0.29) is 17.1 Å². The SMILES string of the molecule is CCNC(=NCC1(c2ccc(F)cc2)CCCC1)N1CCC(CC(=O)NC)CC1. The predicted molar refractivity (Wildman–Crippen MR) is 116 cm³/mol. The molecule has 1 amide bonds. The average molecular weight is 403 g/mol. The van der Waals surface area contributed by atoms with Crippen molar-refractivity contribution in [2.24, 2.45) is 10.9 Å². The number of amides is 1. The number of benzene rings is 1. The Morgan fingerprint density at radius 1 is 1.21 bits per heavy atom. The van der Waals surface area contributed by atoms with Gasteiger partial charge in [-0.2, -0.15) is 0 Å². The van der Waals surface area contributed by atoms with Crippen molar-refractivity contribution < 1.29 is 9.18 Å². The fourth-order valence-corrected chi connectivity index (χ4v) is 4.76. The summed E-state index contributed by atoms with van der Waals surface area (Å²) in [5.74, 6) is 1.37. The zero-order chi connectivity index (χ0) is 20.7. The molecule has 29 heavy (non-hydrogen) atoms. The van der Waals surface area contributed by atoms with Gasteiger partial charge in [-0.05, 0) is 56.2 Å². The molecule has 1 saturated heterocycles. The Kier molecular flexibility index (Phi) is 7.51. The van der Waals surface area contributed by atoms with Gasteiger partial charge in [0.15, 0.2) is 5.96 Å². The van der Waals surface area contributed by atoms with Crippen LogP contribution < -0.4 is 10.6 Å². The summed E-state index contributed by atoms with van der Waals surface area (Å²) in [5, 5.41) is 6.19. The molecule has 0 atom stereocenters. The van der Waals surface area contributed by atoms with E-state index in [9.17, 15) is 9.18 Å². The van der Waals surface area contributed by atoms with E-state index in [1.807, 2.05) is 12.1 Å². The first kappa shape index (κ1) is 21.6. The number of halogens is 1. The third-order valence-corrected chi connectivity index (χ3v) is 6.55. The lowest BCUT2D eigenvalue weighted by molar-refractivity contribution is -0.121. The first-order valence-electron chi connectivity index (χ1n) is 11.1. The minimum absolute atomic E-state index is 0.0198. The van der Waals surface area contributed by atoms with Gasteiger partial charge < -0.3 is 15.5 Å². The number of nitrogens with zero attached hydrogens (tertiary/aromatic N) is 2. The third-order valence-electron chi connectivity index (χ3n) is 6.55. The smallest absolute Gasteiger partial charge is 0.220 e. The summed E-state index contributed by atoms with van der Waals surface area (Å²) < 4.78 is 13.4. The summed E-state index contributed by atoms with van der Waals surface area (Å²) in [5.41, 5.74) is 1.23. The van der Waals surface area contributed by atoms with Crippen LogP contribution >= 0.6 is 0 Å². The summed E-state index contributed by atoms with van der Waals surface area (Å²) in [7, 11) is 1.70. The van der Waals surface area contributed by atoms with Crippen LogP contribution in [0.4, 0.5) is 4.39 Å². The van der Waals surface area contributed by atoms with Gasteiger partial charge in [0.05, 0.1) is 6.54 Å². The Morgan fingerprint density at radius 3 is 2.45 bits per heavy atom. The number of carbonyl (C=O) groups is 1. The number of hydrogen-bond donors (Lipinski definition) is 2. The Balaban J connectivity index is 1.68. The highest BCUT2D eigenvalue weighted by molar-refractivity contribution is 5.80.